The maximum Gasteiger partial charge on any atom is 0.332 e. The van der Waals surface area contributed by atoms with Crippen LogP contribution in [0.3, 0.4) is 0 Å². The third-order valence-electron chi connectivity index (χ3n) is 6.63. The number of anilines is 4. The number of carbonyl (C=O) groups excluding carboxylic acids is 4. The normalized spacial score (nSPS) is 11.7. The quantitative estimate of drug-likeness (QED) is 0.158. The highest BCUT2D eigenvalue weighted by Gasteiger charge is 2.31. The van der Waals surface area contributed by atoms with Crippen LogP contribution in [0.4, 0.5) is 32.3 Å². The van der Waals surface area contributed by atoms with Gasteiger partial charge in [-0.2, -0.15) is 0 Å². The number of hydrogen-bond donors (Lipinski definition) is 0. The number of amides is 4. The van der Waals surface area contributed by atoms with Gasteiger partial charge in [-0.15, -0.1) is 0 Å². The van der Waals surface area contributed by atoms with Crippen molar-refractivity contribution in [3.63, 3.8) is 0 Å². The van der Waals surface area contributed by atoms with E-state index in [0.29, 0.717) is 22.7 Å². The standard InChI is InChI=1S/C33H36N4O6/c1-8-30(38)42-24(4)36(26-16-12-10-13-17-26)32(40)34(6)28-21-20-23(3)29(22-28)35(7)33(41)37(25(5)43-31(39)9-2)27-18-14-11-15-19-27/h8-22,24-25H,1-2H2,3-7H3. The highest BCUT2D eigenvalue weighted by Crippen LogP contribution is 2.30. The summed E-state index contributed by atoms with van der Waals surface area (Å²) in [6, 6.07) is 22.0. The van der Waals surface area contributed by atoms with E-state index in [1.165, 1.54) is 19.6 Å². The van der Waals surface area contributed by atoms with Crippen LogP contribution < -0.4 is 19.6 Å². The van der Waals surface area contributed by atoms with Gasteiger partial charge in [0.15, 0.2) is 12.5 Å². The Bertz CT molecular complexity index is 1480. The predicted molar refractivity (Wildman–Crippen MR) is 168 cm³/mol. The van der Waals surface area contributed by atoms with Gasteiger partial charge in [-0.1, -0.05) is 55.6 Å². The second-order valence-electron chi connectivity index (χ2n) is 9.55. The molecule has 0 N–H and O–H groups in total. The van der Waals surface area contributed by atoms with Gasteiger partial charge >= 0.3 is 24.0 Å². The van der Waals surface area contributed by atoms with Crippen LogP contribution in [0.1, 0.15) is 19.4 Å². The summed E-state index contributed by atoms with van der Waals surface area (Å²) < 4.78 is 10.8. The van der Waals surface area contributed by atoms with Crippen molar-refractivity contribution in [2.45, 2.75) is 33.2 Å². The molecular formula is C33H36N4O6. The summed E-state index contributed by atoms with van der Waals surface area (Å²) in [5, 5.41) is 0. The van der Waals surface area contributed by atoms with Crippen molar-refractivity contribution in [1.82, 2.24) is 0 Å². The SMILES string of the molecule is C=CC(=O)OC(C)N(C(=O)N(C)c1ccc(C)c(N(C)C(=O)N(c2ccccc2)C(C)OC(=O)C=C)c1)c1ccccc1. The monoisotopic (exact) mass is 584 g/mol. The topological polar surface area (TPSA) is 99.7 Å². The molecule has 0 spiro atoms. The van der Waals surface area contributed by atoms with Crippen LogP contribution in [0.2, 0.25) is 0 Å². The van der Waals surface area contributed by atoms with Gasteiger partial charge in [0.05, 0.1) is 5.69 Å². The summed E-state index contributed by atoms with van der Waals surface area (Å²) in [6.07, 6.45) is 0.169. The Kier molecular flexibility index (Phi) is 10.8. The van der Waals surface area contributed by atoms with Crippen molar-refractivity contribution >= 4 is 46.8 Å². The number of benzene rings is 3. The Balaban J connectivity index is 1.97. The summed E-state index contributed by atoms with van der Waals surface area (Å²) in [5.41, 5.74) is 2.79. The maximum atomic E-state index is 13.9. The number of para-hydroxylation sites is 2. The van der Waals surface area contributed by atoms with Gasteiger partial charge < -0.3 is 9.47 Å². The molecule has 3 aromatic carbocycles. The molecule has 43 heavy (non-hydrogen) atoms. The molecule has 2 unspecified atom stereocenters. The molecule has 224 valence electrons. The summed E-state index contributed by atoms with van der Waals surface area (Å²) >= 11 is 0. The first-order valence-electron chi connectivity index (χ1n) is 13.5. The summed E-state index contributed by atoms with van der Waals surface area (Å²) in [5.74, 6) is -1.34. The Morgan fingerprint density at radius 2 is 1.07 bits per heavy atom. The molecule has 0 saturated carbocycles. The number of aryl methyl sites for hydroxylation is 1. The zero-order valence-electron chi connectivity index (χ0n) is 25.0. The number of carbonyl (C=O) groups is 4. The summed E-state index contributed by atoms with van der Waals surface area (Å²) in [4.78, 5) is 57.2. The first-order valence-corrected chi connectivity index (χ1v) is 13.5. The van der Waals surface area contributed by atoms with Crippen molar-refractivity contribution in [3.8, 4) is 0 Å². The van der Waals surface area contributed by atoms with Crippen molar-refractivity contribution in [2.24, 2.45) is 0 Å². The van der Waals surface area contributed by atoms with Gasteiger partial charge in [0.25, 0.3) is 0 Å². The Morgan fingerprint density at radius 1 is 0.651 bits per heavy atom. The average molecular weight is 585 g/mol. The second kappa shape index (κ2) is 14.5. The Hall–Kier alpha value is -5.38. The van der Waals surface area contributed by atoms with Crippen LogP contribution in [-0.4, -0.2) is 50.6 Å². The number of nitrogens with zero attached hydrogens (tertiary/aromatic N) is 4. The Labute approximate surface area is 252 Å². The lowest BCUT2D eigenvalue weighted by atomic mass is 10.1. The van der Waals surface area contributed by atoms with E-state index in [1.54, 1.807) is 94.7 Å². The minimum absolute atomic E-state index is 0.472. The zero-order valence-corrected chi connectivity index (χ0v) is 25.0. The van der Waals surface area contributed by atoms with Crippen molar-refractivity contribution in [3.05, 3.63) is 110 Å². The molecule has 10 nitrogen and oxygen atoms in total. The van der Waals surface area contributed by atoms with E-state index in [9.17, 15) is 19.2 Å². The third-order valence-corrected chi connectivity index (χ3v) is 6.63. The van der Waals surface area contributed by atoms with Gasteiger partial charge in [-0.3, -0.25) is 19.6 Å². The van der Waals surface area contributed by atoms with E-state index in [-0.39, 0.29) is 0 Å². The number of hydrogen-bond acceptors (Lipinski definition) is 6. The third kappa shape index (κ3) is 7.68. The molecule has 0 bridgehead atoms. The van der Waals surface area contributed by atoms with Gasteiger partial charge in [0.2, 0.25) is 0 Å². The van der Waals surface area contributed by atoms with Crippen molar-refractivity contribution in [2.75, 3.05) is 33.7 Å². The van der Waals surface area contributed by atoms with E-state index in [0.717, 1.165) is 17.7 Å². The van der Waals surface area contributed by atoms with Crippen LogP contribution >= 0.6 is 0 Å². The van der Waals surface area contributed by atoms with Crippen LogP contribution in [-0.2, 0) is 19.1 Å². The molecule has 0 fully saturated rings. The maximum absolute atomic E-state index is 13.9. The number of ether oxygens (including phenoxy) is 2. The number of urea groups is 2. The van der Waals surface area contributed by atoms with Gasteiger partial charge in [0.1, 0.15) is 0 Å². The molecule has 0 aromatic heterocycles. The molecule has 0 aliphatic rings. The largest absolute Gasteiger partial charge is 0.438 e. The molecule has 0 aliphatic heterocycles. The first kappa shape index (κ1) is 32.1. The lowest BCUT2D eigenvalue weighted by Crippen LogP contribution is -2.48. The van der Waals surface area contributed by atoms with Crippen LogP contribution in [0.15, 0.2) is 104 Å². The van der Waals surface area contributed by atoms with E-state index in [4.69, 9.17) is 9.47 Å². The number of esters is 2. The first-order chi connectivity index (χ1) is 20.5. The van der Waals surface area contributed by atoms with E-state index in [1.807, 2.05) is 19.1 Å². The molecule has 0 saturated heterocycles. The smallest absolute Gasteiger partial charge is 0.332 e. The lowest BCUT2D eigenvalue weighted by molar-refractivity contribution is -0.142. The summed E-state index contributed by atoms with van der Waals surface area (Å²) in [7, 11) is 3.19. The van der Waals surface area contributed by atoms with Gasteiger partial charge in [0, 0.05) is 43.3 Å². The highest BCUT2D eigenvalue weighted by atomic mass is 16.6. The fourth-order valence-corrected chi connectivity index (χ4v) is 4.37. The van der Waals surface area contributed by atoms with Gasteiger partial charge in [-0.25, -0.2) is 19.2 Å². The zero-order chi connectivity index (χ0) is 31.7. The molecule has 2 atom stereocenters. The van der Waals surface area contributed by atoms with Crippen molar-refractivity contribution < 1.29 is 28.7 Å². The molecule has 10 heteroatoms. The van der Waals surface area contributed by atoms with Crippen LogP contribution in [0.5, 0.6) is 0 Å². The van der Waals surface area contributed by atoms with E-state index in [2.05, 4.69) is 13.2 Å². The molecular weight excluding hydrogens is 548 g/mol. The Morgan fingerprint density at radius 3 is 1.49 bits per heavy atom. The average Bonchev–Trinajstić information content (AvgIpc) is 3.01. The molecule has 0 aliphatic carbocycles. The molecule has 0 heterocycles. The fourth-order valence-electron chi connectivity index (χ4n) is 4.37. The van der Waals surface area contributed by atoms with Crippen LogP contribution in [0, 0.1) is 6.92 Å². The predicted octanol–water partition coefficient (Wildman–Crippen LogP) is 6.27. The lowest BCUT2D eigenvalue weighted by Gasteiger charge is -2.34. The second-order valence-corrected chi connectivity index (χ2v) is 9.55. The number of rotatable bonds is 10. The molecule has 3 rings (SSSR count). The van der Waals surface area contributed by atoms with Crippen LogP contribution in [0.25, 0.3) is 0 Å². The minimum Gasteiger partial charge on any atom is -0.438 e. The summed E-state index contributed by atoms with van der Waals surface area (Å²) in [6.45, 7) is 11.9. The van der Waals surface area contributed by atoms with E-state index < -0.39 is 36.5 Å². The van der Waals surface area contributed by atoms with Gasteiger partial charge in [-0.05, 0) is 62.7 Å². The molecule has 3 aromatic rings. The fraction of sp³-hybridized carbons (Fsp3) is 0.212. The molecule has 4 amide bonds. The highest BCUT2D eigenvalue weighted by molar-refractivity contribution is 6.06. The van der Waals surface area contributed by atoms with E-state index >= 15 is 0 Å². The minimum atomic E-state index is -0.949. The van der Waals surface area contributed by atoms with Crippen molar-refractivity contribution in [1.29, 1.82) is 0 Å². The molecule has 0 radical (unpaired) electrons.